The molecular formula is C19H16FN5O3. The number of nitro benzene ring substituents is 1. The molecule has 3 rings (SSSR count). The van der Waals surface area contributed by atoms with Crippen molar-refractivity contribution < 1.29 is 14.1 Å². The summed E-state index contributed by atoms with van der Waals surface area (Å²) in [5.74, 6) is -0.826. The number of aryl methyl sites for hydroxylation is 1. The van der Waals surface area contributed by atoms with Crippen molar-refractivity contribution in [1.82, 2.24) is 15.2 Å². The summed E-state index contributed by atoms with van der Waals surface area (Å²) >= 11 is 0. The number of carbonyl (C=O) groups is 1. The number of nitrogens with one attached hydrogen (secondary N) is 1. The Hall–Kier alpha value is -3.88. The van der Waals surface area contributed by atoms with Gasteiger partial charge in [0.2, 0.25) is 0 Å². The van der Waals surface area contributed by atoms with E-state index < -0.39 is 10.8 Å². The quantitative estimate of drug-likeness (QED) is 0.416. The van der Waals surface area contributed by atoms with Gasteiger partial charge in [0.15, 0.2) is 0 Å². The van der Waals surface area contributed by atoms with Gasteiger partial charge < -0.3 is 0 Å². The van der Waals surface area contributed by atoms with Crippen LogP contribution in [0, 0.1) is 29.8 Å². The van der Waals surface area contributed by atoms with Crippen LogP contribution in [-0.4, -0.2) is 26.8 Å². The summed E-state index contributed by atoms with van der Waals surface area (Å²) in [6, 6.07) is 11.1. The lowest BCUT2D eigenvalue weighted by atomic mass is 10.2. The van der Waals surface area contributed by atoms with Crippen LogP contribution in [0.5, 0.6) is 0 Å². The first-order valence-corrected chi connectivity index (χ1v) is 8.27. The van der Waals surface area contributed by atoms with E-state index in [4.69, 9.17) is 0 Å². The van der Waals surface area contributed by atoms with Gasteiger partial charge >= 0.3 is 0 Å². The van der Waals surface area contributed by atoms with E-state index >= 15 is 0 Å². The Morgan fingerprint density at radius 3 is 2.43 bits per heavy atom. The molecule has 0 unspecified atom stereocenters. The second-order valence-corrected chi connectivity index (χ2v) is 5.98. The zero-order valence-electron chi connectivity index (χ0n) is 15.1. The molecule has 1 heterocycles. The van der Waals surface area contributed by atoms with E-state index in [0.717, 1.165) is 5.69 Å². The van der Waals surface area contributed by atoms with E-state index in [0.29, 0.717) is 16.9 Å². The van der Waals surface area contributed by atoms with Gasteiger partial charge in [-0.15, -0.1) is 0 Å². The lowest BCUT2D eigenvalue weighted by Gasteiger charge is -2.04. The molecule has 0 aliphatic carbocycles. The highest BCUT2D eigenvalue weighted by atomic mass is 19.1. The summed E-state index contributed by atoms with van der Waals surface area (Å²) in [6.07, 6.45) is 1.47. The maximum absolute atomic E-state index is 13.1. The van der Waals surface area contributed by atoms with Crippen LogP contribution < -0.4 is 5.43 Å². The first kappa shape index (κ1) is 18.9. The zero-order chi connectivity index (χ0) is 20.3. The van der Waals surface area contributed by atoms with Crippen molar-refractivity contribution in [1.29, 1.82) is 0 Å². The predicted octanol–water partition coefficient (Wildman–Crippen LogP) is 3.30. The van der Waals surface area contributed by atoms with E-state index in [1.165, 1.54) is 42.6 Å². The average Bonchev–Trinajstić information content (AvgIpc) is 2.96. The highest BCUT2D eigenvalue weighted by Gasteiger charge is 2.12. The number of amides is 1. The molecule has 0 spiro atoms. The monoisotopic (exact) mass is 381 g/mol. The number of hydrazone groups is 1. The molecule has 0 radical (unpaired) electrons. The van der Waals surface area contributed by atoms with Gasteiger partial charge in [-0.2, -0.15) is 10.2 Å². The van der Waals surface area contributed by atoms with Gasteiger partial charge in [0.1, 0.15) is 5.82 Å². The number of carbonyl (C=O) groups excluding carboxylic acids is 1. The fourth-order valence-electron chi connectivity index (χ4n) is 2.63. The first-order chi connectivity index (χ1) is 13.4. The van der Waals surface area contributed by atoms with Crippen LogP contribution in [0.25, 0.3) is 5.69 Å². The molecule has 28 heavy (non-hydrogen) atoms. The summed E-state index contributed by atoms with van der Waals surface area (Å²) in [6.45, 7) is 3.63. The predicted molar refractivity (Wildman–Crippen MR) is 101 cm³/mol. The highest BCUT2D eigenvalue weighted by Crippen LogP contribution is 2.17. The van der Waals surface area contributed by atoms with E-state index in [1.54, 1.807) is 23.7 Å². The summed E-state index contributed by atoms with van der Waals surface area (Å²) in [5, 5.41) is 19.0. The molecule has 0 fully saturated rings. The van der Waals surface area contributed by atoms with Gasteiger partial charge in [-0.1, -0.05) is 0 Å². The maximum Gasteiger partial charge on any atom is 0.271 e. The second-order valence-electron chi connectivity index (χ2n) is 5.98. The Bertz CT molecular complexity index is 1060. The molecule has 8 nitrogen and oxygen atoms in total. The van der Waals surface area contributed by atoms with Crippen molar-refractivity contribution >= 4 is 17.8 Å². The van der Waals surface area contributed by atoms with E-state index in [-0.39, 0.29) is 17.1 Å². The third-order valence-corrected chi connectivity index (χ3v) is 4.12. The molecule has 1 N–H and O–H groups in total. The smallest absolute Gasteiger partial charge is 0.267 e. The zero-order valence-corrected chi connectivity index (χ0v) is 15.1. The molecular weight excluding hydrogens is 365 g/mol. The third-order valence-electron chi connectivity index (χ3n) is 4.12. The summed E-state index contributed by atoms with van der Waals surface area (Å²) in [4.78, 5) is 22.2. The Kier molecular flexibility index (Phi) is 5.25. The number of hydrogen-bond donors (Lipinski definition) is 1. The van der Waals surface area contributed by atoms with Crippen LogP contribution in [0.1, 0.15) is 27.3 Å². The van der Waals surface area contributed by atoms with Gasteiger partial charge in [-0.25, -0.2) is 14.5 Å². The number of hydrogen-bond acceptors (Lipinski definition) is 5. The summed E-state index contributed by atoms with van der Waals surface area (Å²) in [7, 11) is 0. The van der Waals surface area contributed by atoms with Crippen LogP contribution in [0.15, 0.2) is 53.6 Å². The number of non-ortho nitro benzene ring substituents is 1. The normalized spacial score (nSPS) is 11.0. The molecule has 0 saturated heterocycles. The number of halogens is 1. The molecule has 0 aliphatic heterocycles. The van der Waals surface area contributed by atoms with Crippen LogP contribution in [0.2, 0.25) is 0 Å². The number of nitro groups is 1. The van der Waals surface area contributed by atoms with Crippen LogP contribution in [-0.2, 0) is 0 Å². The molecule has 2 aromatic carbocycles. The molecule has 0 saturated carbocycles. The minimum absolute atomic E-state index is 0.0977. The lowest BCUT2D eigenvalue weighted by molar-refractivity contribution is -0.384. The number of benzene rings is 2. The molecule has 1 aromatic heterocycles. The number of nitrogens with zero attached hydrogens (tertiary/aromatic N) is 4. The topological polar surface area (TPSA) is 102 Å². The minimum atomic E-state index is -0.538. The van der Waals surface area contributed by atoms with Crippen molar-refractivity contribution in [3.8, 4) is 5.69 Å². The van der Waals surface area contributed by atoms with Crippen molar-refractivity contribution in [2.45, 2.75) is 13.8 Å². The second kappa shape index (κ2) is 7.78. The van der Waals surface area contributed by atoms with Crippen molar-refractivity contribution in [2.75, 3.05) is 0 Å². The minimum Gasteiger partial charge on any atom is -0.267 e. The molecule has 0 aliphatic rings. The standard InChI is InChI=1S/C19H16FN5O3/c1-12-18(13(2)24(23-12)16-9-5-15(20)6-10-16)11-21-22-19(26)14-3-7-17(8-4-14)25(27)28/h3-11H,1-2H3,(H,22,26)/b21-11-. The number of rotatable bonds is 5. The van der Waals surface area contributed by atoms with Crippen LogP contribution in [0.4, 0.5) is 10.1 Å². The molecule has 1 amide bonds. The molecule has 3 aromatic rings. The van der Waals surface area contributed by atoms with Gasteiger partial charge in [0, 0.05) is 23.3 Å². The average molecular weight is 381 g/mol. The molecule has 0 bridgehead atoms. The Morgan fingerprint density at radius 1 is 1.18 bits per heavy atom. The van der Waals surface area contributed by atoms with Crippen LogP contribution in [0.3, 0.4) is 0 Å². The Labute approximate surface area is 159 Å². The van der Waals surface area contributed by atoms with Gasteiger partial charge in [0.05, 0.1) is 28.2 Å². The fourth-order valence-corrected chi connectivity index (χ4v) is 2.63. The molecule has 142 valence electrons. The van der Waals surface area contributed by atoms with Gasteiger partial charge in [-0.3, -0.25) is 14.9 Å². The Balaban J connectivity index is 1.74. The maximum atomic E-state index is 13.1. The van der Waals surface area contributed by atoms with Crippen molar-refractivity contribution in [3.63, 3.8) is 0 Å². The van der Waals surface area contributed by atoms with Crippen LogP contribution >= 0.6 is 0 Å². The fraction of sp³-hybridized carbons (Fsp3) is 0.105. The molecule has 0 atom stereocenters. The van der Waals surface area contributed by atoms with Crippen molar-refractivity contribution in [3.05, 3.63) is 87.0 Å². The summed E-state index contributed by atoms with van der Waals surface area (Å²) < 4.78 is 14.8. The van der Waals surface area contributed by atoms with Gasteiger partial charge in [-0.05, 0) is 50.2 Å². The van der Waals surface area contributed by atoms with E-state index in [2.05, 4.69) is 15.6 Å². The SMILES string of the molecule is Cc1nn(-c2ccc(F)cc2)c(C)c1/C=N\NC(=O)c1ccc([N+](=O)[O-])cc1. The molecule has 9 heteroatoms. The van der Waals surface area contributed by atoms with Crippen molar-refractivity contribution in [2.24, 2.45) is 5.10 Å². The largest absolute Gasteiger partial charge is 0.271 e. The summed E-state index contributed by atoms with van der Waals surface area (Å²) in [5.41, 5.74) is 5.42. The van der Waals surface area contributed by atoms with Gasteiger partial charge in [0.25, 0.3) is 11.6 Å². The highest BCUT2D eigenvalue weighted by molar-refractivity contribution is 5.95. The lowest BCUT2D eigenvalue weighted by Crippen LogP contribution is -2.17. The van der Waals surface area contributed by atoms with E-state index in [1.807, 2.05) is 6.92 Å². The first-order valence-electron chi connectivity index (χ1n) is 8.27. The third kappa shape index (κ3) is 3.93. The number of aromatic nitrogens is 2. The Morgan fingerprint density at radius 2 is 1.82 bits per heavy atom. The van der Waals surface area contributed by atoms with E-state index in [9.17, 15) is 19.3 Å².